The molecule has 7 heteroatoms. The molecule has 0 saturated heterocycles. The van der Waals surface area contributed by atoms with Crippen LogP contribution in [0.1, 0.15) is 18.1 Å². The summed E-state index contributed by atoms with van der Waals surface area (Å²) in [5, 5.41) is 38.3. The molecular weight excluding hydrogens is 270 g/mol. The summed E-state index contributed by atoms with van der Waals surface area (Å²) in [5.74, 6) is -0.756. The molecule has 0 aliphatic heterocycles. The molecule has 6 nitrogen and oxygen atoms in total. The molecule has 0 aromatic heterocycles. The van der Waals surface area contributed by atoms with E-state index in [0.717, 1.165) is 0 Å². The van der Waals surface area contributed by atoms with E-state index < -0.39 is 12.1 Å². The number of thiol groups is 1. The molecule has 108 valence electrons. The van der Waals surface area contributed by atoms with Gasteiger partial charge in [-0.2, -0.15) is 12.6 Å². The van der Waals surface area contributed by atoms with Crippen LogP contribution in [-0.2, 0) is 4.79 Å². The van der Waals surface area contributed by atoms with Gasteiger partial charge in [-0.15, -0.1) is 0 Å². The SMILES string of the molecule is CNCC(O)c1ccc(O)c(O)c1.O=C(O)CCS. The second kappa shape index (κ2) is 9.48. The highest BCUT2D eigenvalue weighted by atomic mass is 32.1. The van der Waals surface area contributed by atoms with Crippen LogP contribution in [0.5, 0.6) is 11.5 Å². The Morgan fingerprint density at radius 1 is 1.37 bits per heavy atom. The maximum Gasteiger partial charge on any atom is 0.304 e. The molecule has 1 unspecified atom stereocenters. The number of aliphatic hydroxyl groups is 1. The Hall–Kier alpha value is -1.44. The number of aromatic hydroxyl groups is 2. The van der Waals surface area contributed by atoms with Gasteiger partial charge in [0.05, 0.1) is 12.5 Å². The van der Waals surface area contributed by atoms with Crippen molar-refractivity contribution in [1.29, 1.82) is 0 Å². The quantitative estimate of drug-likeness (QED) is 0.352. The molecule has 1 aromatic rings. The van der Waals surface area contributed by atoms with Gasteiger partial charge in [-0.3, -0.25) is 4.79 Å². The van der Waals surface area contributed by atoms with Crippen molar-refractivity contribution in [2.45, 2.75) is 12.5 Å². The van der Waals surface area contributed by atoms with Crippen LogP contribution in [0.4, 0.5) is 0 Å². The summed E-state index contributed by atoms with van der Waals surface area (Å²) in [7, 11) is 1.73. The fraction of sp³-hybridized carbons (Fsp3) is 0.417. The largest absolute Gasteiger partial charge is 0.504 e. The number of hydrogen-bond donors (Lipinski definition) is 6. The fourth-order valence-electron chi connectivity index (χ4n) is 1.15. The number of rotatable bonds is 5. The van der Waals surface area contributed by atoms with Gasteiger partial charge >= 0.3 is 5.97 Å². The average molecular weight is 289 g/mol. The Morgan fingerprint density at radius 2 is 2.00 bits per heavy atom. The van der Waals surface area contributed by atoms with E-state index in [2.05, 4.69) is 17.9 Å². The zero-order valence-electron chi connectivity index (χ0n) is 10.6. The topological polar surface area (TPSA) is 110 Å². The van der Waals surface area contributed by atoms with E-state index >= 15 is 0 Å². The summed E-state index contributed by atoms with van der Waals surface area (Å²) in [6.07, 6.45) is -0.514. The van der Waals surface area contributed by atoms with Crippen molar-refractivity contribution < 1.29 is 25.2 Å². The summed E-state index contributed by atoms with van der Waals surface area (Å²) >= 11 is 3.68. The monoisotopic (exact) mass is 289 g/mol. The van der Waals surface area contributed by atoms with Gasteiger partial charge in [-0.1, -0.05) is 6.07 Å². The van der Waals surface area contributed by atoms with Crippen LogP contribution in [-0.4, -0.2) is 45.7 Å². The predicted molar refractivity (Wildman–Crippen MR) is 74.8 cm³/mol. The first-order chi connectivity index (χ1) is 8.92. The Kier molecular flexibility index (Phi) is 8.77. The molecule has 19 heavy (non-hydrogen) atoms. The number of likely N-dealkylation sites (N-methyl/N-ethyl adjacent to an activating group) is 1. The third-order valence-electron chi connectivity index (χ3n) is 2.11. The van der Waals surface area contributed by atoms with Crippen molar-refractivity contribution in [3.05, 3.63) is 23.8 Å². The fourth-order valence-corrected chi connectivity index (χ4v) is 1.35. The van der Waals surface area contributed by atoms with Crippen molar-refractivity contribution in [3.8, 4) is 11.5 Å². The zero-order chi connectivity index (χ0) is 14.8. The Balaban J connectivity index is 0.000000459. The highest BCUT2D eigenvalue weighted by Gasteiger charge is 2.08. The first-order valence-corrected chi connectivity index (χ1v) is 6.22. The number of phenols is 2. The lowest BCUT2D eigenvalue weighted by molar-refractivity contribution is -0.136. The van der Waals surface area contributed by atoms with Crippen LogP contribution in [0.25, 0.3) is 0 Å². The number of carboxylic acids is 1. The molecule has 0 radical (unpaired) electrons. The van der Waals surface area contributed by atoms with Gasteiger partial charge in [0.25, 0.3) is 0 Å². The summed E-state index contributed by atoms with van der Waals surface area (Å²) in [6, 6.07) is 4.26. The molecule has 1 rings (SSSR count). The summed E-state index contributed by atoms with van der Waals surface area (Å²) in [6.45, 7) is 0.407. The van der Waals surface area contributed by atoms with Crippen molar-refractivity contribution in [2.75, 3.05) is 19.3 Å². The summed E-state index contributed by atoms with van der Waals surface area (Å²) in [5.41, 5.74) is 0.574. The number of hydrogen-bond acceptors (Lipinski definition) is 6. The van der Waals surface area contributed by atoms with Crippen molar-refractivity contribution >= 4 is 18.6 Å². The van der Waals surface area contributed by atoms with Crippen LogP contribution in [0.3, 0.4) is 0 Å². The average Bonchev–Trinajstić information content (AvgIpc) is 2.33. The van der Waals surface area contributed by atoms with Crippen molar-refractivity contribution in [2.24, 2.45) is 0 Å². The number of benzene rings is 1. The maximum atomic E-state index is 9.55. The molecular formula is C12H19NO5S. The standard InChI is InChI=1S/C9H13NO3.C3H6O2S/c1-10-5-9(13)6-2-3-7(11)8(12)4-6;4-3(5)1-2-6/h2-4,9-13H,5H2,1H3;6H,1-2H2,(H,4,5). The summed E-state index contributed by atoms with van der Waals surface area (Å²) in [4.78, 5) is 9.55. The van der Waals surface area contributed by atoms with Gasteiger partial charge in [0.1, 0.15) is 0 Å². The highest BCUT2D eigenvalue weighted by molar-refractivity contribution is 7.80. The molecule has 0 heterocycles. The molecule has 0 amide bonds. The van der Waals surface area contributed by atoms with Crippen LogP contribution in [0, 0.1) is 0 Å². The van der Waals surface area contributed by atoms with Gasteiger partial charge in [0.15, 0.2) is 11.5 Å². The highest BCUT2D eigenvalue weighted by Crippen LogP contribution is 2.27. The number of aliphatic hydroxyl groups excluding tert-OH is 1. The van der Waals surface area contributed by atoms with Crippen LogP contribution in [0.2, 0.25) is 0 Å². The van der Waals surface area contributed by atoms with E-state index in [4.69, 9.17) is 15.3 Å². The smallest absolute Gasteiger partial charge is 0.304 e. The van der Waals surface area contributed by atoms with E-state index in [0.29, 0.717) is 17.9 Å². The molecule has 0 aliphatic carbocycles. The first kappa shape index (κ1) is 17.6. The first-order valence-electron chi connectivity index (χ1n) is 5.59. The molecule has 0 bridgehead atoms. The summed E-state index contributed by atoms with van der Waals surface area (Å²) < 4.78 is 0. The minimum Gasteiger partial charge on any atom is -0.504 e. The minimum absolute atomic E-state index is 0.156. The molecule has 5 N–H and O–H groups in total. The number of phenolic OH excluding ortho intramolecular Hbond substituents is 2. The van der Waals surface area contributed by atoms with Crippen LogP contribution in [0.15, 0.2) is 18.2 Å². The molecule has 0 aliphatic rings. The van der Waals surface area contributed by atoms with Crippen LogP contribution >= 0.6 is 12.6 Å². The number of carboxylic acid groups (broad SMARTS) is 1. The van der Waals surface area contributed by atoms with Gasteiger partial charge in [0, 0.05) is 12.3 Å². The lowest BCUT2D eigenvalue weighted by Gasteiger charge is -2.10. The Labute approximate surface area is 117 Å². The second-order valence-electron chi connectivity index (χ2n) is 3.69. The lowest BCUT2D eigenvalue weighted by atomic mass is 10.1. The lowest BCUT2D eigenvalue weighted by Crippen LogP contribution is -2.16. The van der Waals surface area contributed by atoms with Crippen molar-refractivity contribution in [3.63, 3.8) is 0 Å². The number of carbonyl (C=O) groups is 1. The van der Waals surface area contributed by atoms with Gasteiger partial charge in [-0.05, 0) is 24.7 Å². The van der Waals surface area contributed by atoms with E-state index in [9.17, 15) is 9.90 Å². The Morgan fingerprint density at radius 3 is 2.37 bits per heavy atom. The molecule has 0 fully saturated rings. The van der Waals surface area contributed by atoms with E-state index in [1.54, 1.807) is 13.1 Å². The van der Waals surface area contributed by atoms with Gasteiger partial charge in [0.2, 0.25) is 0 Å². The molecule has 0 spiro atoms. The Bertz CT molecular complexity index is 400. The predicted octanol–water partition coefficient (Wildman–Crippen LogP) is 0.741. The normalized spacial score (nSPS) is 11.3. The zero-order valence-corrected chi connectivity index (χ0v) is 11.5. The molecule has 0 saturated carbocycles. The van der Waals surface area contributed by atoms with Crippen molar-refractivity contribution in [1.82, 2.24) is 5.32 Å². The van der Waals surface area contributed by atoms with Gasteiger partial charge in [-0.25, -0.2) is 0 Å². The minimum atomic E-state index is -0.787. The second-order valence-corrected chi connectivity index (χ2v) is 4.14. The third kappa shape index (κ3) is 7.55. The molecule has 1 aromatic carbocycles. The maximum absolute atomic E-state index is 9.55. The van der Waals surface area contributed by atoms with E-state index in [1.807, 2.05) is 0 Å². The third-order valence-corrected chi connectivity index (χ3v) is 2.33. The number of aliphatic carboxylic acids is 1. The van der Waals surface area contributed by atoms with Crippen LogP contribution < -0.4 is 5.32 Å². The van der Waals surface area contributed by atoms with Gasteiger partial charge < -0.3 is 25.7 Å². The van der Waals surface area contributed by atoms with E-state index in [1.165, 1.54) is 12.1 Å². The number of nitrogens with one attached hydrogen (secondary N) is 1. The van der Waals surface area contributed by atoms with E-state index in [-0.39, 0.29) is 17.9 Å². The molecule has 1 atom stereocenters.